The summed E-state index contributed by atoms with van der Waals surface area (Å²) in [5, 5.41) is 2.51. The fourth-order valence-electron chi connectivity index (χ4n) is 3.98. The Bertz CT molecular complexity index is 1260. The van der Waals surface area contributed by atoms with E-state index in [1.165, 1.54) is 33.5 Å². The summed E-state index contributed by atoms with van der Waals surface area (Å²) in [7, 11) is -2.31. The van der Waals surface area contributed by atoms with Gasteiger partial charge in [0.25, 0.3) is 15.9 Å². The molecule has 1 aliphatic rings. The number of sulfonamides is 1. The molecule has 0 unspecified atom stereocenters. The highest BCUT2D eigenvalue weighted by Crippen LogP contribution is 2.34. The first-order chi connectivity index (χ1) is 15.6. The van der Waals surface area contributed by atoms with Gasteiger partial charge in [-0.25, -0.2) is 13.4 Å². The molecule has 2 atom stereocenters. The lowest BCUT2D eigenvalue weighted by Crippen LogP contribution is -2.41. The van der Waals surface area contributed by atoms with Gasteiger partial charge in [0.2, 0.25) is 0 Å². The number of halogens is 3. The van der Waals surface area contributed by atoms with Gasteiger partial charge in [0, 0.05) is 32.3 Å². The van der Waals surface area contributed by atoms with E-state index in [1.807, 2.05) is 0 Å². The molecule has 0 bridgehead atoms. The van der Waals surface area contributed by atoms with Crippen LogP contribution >= 0.6 is 0 Å². The van der Waals surface area contributed by atoms with Crippen LogP contribution in [0.5, 0.6) is 0 Å². The van der Waals surface area contributed by atoms with Crippen LogP contribution in [0.15, 0.2) is 72.1 Å². The monoisotopic (exact) mass is 478 g/mol. The number of imidazole rings is 1. The number of amides is 1. The van der Waals surface area contributed by atoms with Crippen molar-refractivity contribution in [2.75, 3.05) is 13.1 Å². The van der Waals surface area contributed by atoms with Crippen molar-refractivity contribution in [2.24, 2.45) is 7.05 Å². The van der Waals surface area contributed by atoms with Crippen LogP contribution in [0.4, 0.5) is 13.2 Å². The molecule has 174 valence electrons. The zero-order chi connectivity index (χ0) is 23.8. The Morgan fingerprint density at radius 1 is 1.06 bits per heavy atom. The Kier molecular flexibility index (Phi) is 6.02. The van der Waals surface area contributed by atoms with Crippen LogP contribution in [-0.4, -0.2) is 47.3 Å². The first-order valence-electron chi connectivity index (χ1n) is 10.1. The molecule has 0 spiro atoms. The Labute approximate surface area is 188 Å². The number of benzene rings is 2. The van der Waals surface area contributed by atoms with E-state index in [1.54, 1.807) is 37.4 Å². The average Bonchev–Trinajstić information content (AvgIpc) is 3.41. The van der Waals surface area contributed by atoms with E-state index in [0.29, 0.717) is 0 Å². The summed E-state index contributed by atoms with van der Waals surface area (Å²) in [5.41, 5.74) is -0.789. The highest BCUT2D eigenvalue weighted by atomic mass is 32.2. The van der Waals surface area contributed by atoms with Gasteiger partial charge >= 0.3 is 6.18 Å². The standard InChI is InChI=1S/C22H21F3N4O3S/c1-28-13-20(26-14-28)33(31,32)29-11-17(15-7-3-2-4-8-15)19(12-29)27-21(30)16-9-5-6-10-18(16)22(23,24)25/h2-10,13-14,17,19H,11-12H2,1H3,(H,27,30)/t17-,19+/m0/s1. The van der Waals surface area contributed by atoms with Gasteiger partial charge in [0.1, 0.15) is 0 Å². The summed E-state index contributed by atoms with van der Waals surface area (Å²) in [6.45, 7) is -0.0484. The van der Waals surface area contributed by atoms with Gasteiger partial charge in [-0.1, -0.05) is 42.5 Å². The van der Waals surface area contributed by atoms with Crippen molar-refractivity contribution in [1.82, 2.24) is 19.2 Å². The Morgan fingerprint density at radius 3 is 2.36 bits per heavy atom. The van der Waals surface area contributed by atoms with E-state index < -0.39 is 45.2 Å². The maximum absolute atomic E-state index is 13.4. The van der Waals surface area contributed by atoms with Crippen LogP contribution in [0.1, 0.15) is 27.4 Å². The van der Waals surface area contributed by atoms with Gasteiger partial charge in [-0.2, -0.15) is 17.5 Å². The van der Waals surface area contributed by atoms with Crippen LogP contribution in [0.25, 0.3) is 0 Å². The van der Waals surface area contributed by atoms with Crippen molar-refractivity contribution >= 4 is 15.9 Å². The normalized spacial score (nSPS) is 19.5. The SMILES string of the molecule is Cn1cnc(S(=O)(=O)N2C[C@@H](NC(=O)c3ccccc3C(F)(F)F)[C@H](c3ccccc3)C2)c1. The van der Waals surface area contributed by atoms with Gasteiger partial charge in [0.05, 0.1) is 23.5 Å². The highest BCUT2D eigenvalue weighted by molar-refractivity contribution is 7.89. The summed E-state index contributed by atoms with van der Waals surface area (Å²) in [6, 6.07) is 12.7. The molecule has 0 aliphatic carbocycles. The lowest BCUT2D eigenvalue weighted by Gasteiger charge is -2.21. The zero-order valence-electron chi connectivity index (χ0n) is 17.5. The van der Waals surface area contributed by atoms with Gasteiger partial charge in [-0.15, -0.1) is 0 Å². The van der Waals surface area contributed by atoms with E-state index in [0.717, 1.165) is 17.7 Å². The van der Waals surface area contributed by atoms with Crippen LogP contribution in [0.3, 0.4) is 0 Å². The number of nitrogens with zero attached hydrogens (tertiary/aromatic N) is 3. The fraction of sp³-hybridized carbons (Fsp3) is 0.273. The molecule has 4 rings (SSSR count). The third-order valence-corrected chi connectivity index (χ3v) is 7.31. The van der Waals surface area contributed by atoms with E-state index in [9.17, 15) is 26.4 Å². The fourth-order valence-corrected chi connectivity index (χ4v) is 5.44. The third-order valence-electron chi connectivity index (χ3n) is 5.59. The molecule has 11 heteroatoms. The Hall–Kier alpha value is -3.18. The summed E-state index contributed by atoms with van der Waals surface area (Å²) >= 11 is 0. The first kappa shape index (κ1) is 23.0. The minimum atomic E-state index is -4.70. The average molecular weight is 478 g/mol. The Balaban J connectivity index is 1.65. The molecule has 1 N–H and O–H groups in total. The minimum absolute atomic E-state index is 0.0504. The molecule has 7 nitrogen and oxygen atoms in total. The van der Waals surface area contributed by atoms with Crippen LogP contribution in [0.2, 0.25) is 0 Å². The second-order valence-electron chi connectivity index (χ2n) is 7.84. The maximum atomic E-state index is 13.4. The summed E-state index contributed by atoms with van der Waals surface area (Å²) < 4.78 is 69.1. The molecule has 2 heterocycles. The molecule has 1 aromatic heterocycles. The number of hydrogen-bond acceptors (Lipinski definition) is 4. The van der Waals surface area contributed by atoms with Gasteiger partial charge in [-0.05, 0) is 17.7 Å². The quantitative estimate of drug-likeness (QED) is 0.611. The molecule has 0 radical (unpaired) electrons. The number of aryl methyl sites for hydroxylation is 1. The van der Waals surface area contributed by atoms with Crippen LogP contribution in [0, 0.1) is 0 Å². The van der Waals surface area contributed by atoms with E-state index in [2.05, 4.69) is 10.3 Å². The van der Waals surface area contributed by atoms with Gasteiger partial charge in [0.15, 0.2) is 5.03 Å². The van der Waals surface area contributed by atoms with Gasteiger partial charge < -0.3 is 9.88 Å². The number of hydrogen-bond donors (Lipinski definition) is 1. The third kappa shape index (κ3) is 4.64. The Morgan fingerprint density at radius 2 is 1.73 bits per heavy atom. The van der Waals surface area contributed by atoms with E-state index >= 15 is 0 Å². The van der Waals surface area contributed by atoms with Gasteiger partial charge in [-0.3, -0.25) is 4.79 Å². The molecule has 1 amide bonds. The summed E-state index contributed by atoms with van der Waals surface area (Å²) in [4.78, 5) is 16.8. The number of aromatic nitrogens is 2. The predicted octanol–water partition coefficient (Wildman–Crippen LogP) is 3.03. The second-order valence-corrected chi connectivity index (χ2v) is 9.72. The summed E-state index contributed by atoms with van der Waals surface area (Å²) in [6.07, 6.45) is -1.96. The number of alkyl halides is 3. The van der Waals surface area contributed by atoms with E-state index in [-0.39, 0.29) is 18.1 Å². The zero-order valence-corrected chi connectivity index (χ0v) is 18.3. The lowest BCUT2D eigenvalue weighted by molar-refractivity contribution is -0.137. The number of rotatable bonds is 5. The topological polar surface area (TPSA) is 84.3 Å². The van der Waals surface area contributed by atoms with Crippen molar-refractivity contribution in [2.45, 2.75) is 23.2 Å². The smallest absolute Gasteiger partial charge is 0.347 e. The minimum Gasteiger partial charge on any atom is -0.347 e. The van der Waals surface area contributed by atoms with Crippen molar-refractivity contribution < 1.29 is 26.4 Å². The number of carbonyl (C=O) groups excluding carboxylic acids is 1. The molecule has 1 aliphatic heterocycles. The second kappa shape index (κ2) is 8.64. The van der Waals surface area contributed by atoms with Crippen molar-refractivity contribution in [3.63, 3.8) is 0 Å². The predicted molar refractivity (Wildman–Crippen MR) is 114 cm³/mol. The van der Waals surface area contributed by atoms with Crippen LogP contribution < -0.4 is 5.32 Å². The summed E-state index contributed by atoms with van der Waals surface area (Å²) in [5.74, 6) is -1.36. The maximum Gasteiger partial charge on any atom is 0.417 e. The van der Waals surface area contributed by atoms with E-state index in [4.69, 9.17) is 0 Å². The van der Waals surface area contributed by atoms with Crippen molar-refractivity contribution in [3.8, 4) is 0 Å². The molecule has 33 heavy (non-hydrogen) atoms. The first-order valence-corrected chi connectivity index (χ1v) is 11.5. The van der Waals surface area contributed by atoms with Crippen molar-refractivity contribution in [1.29, 1.82) is 0 Å². The molecule has 1 saturated heterocycles. The number of carbonyl (C=O) groups is 1. The largest absolute Gasteiger partial charge is 0.417 e. The lowest BCUT2D eigenvalue weighted by atomic mass is 9.94. The molecule has 2 aromatic carbocycles. The van der Waals surface area contributed by atoms with Crippen LogP contribution in [-0.2, 0) is 23.2 Å². The van der Waals surface area contributed by atoms with Crippen molar-refractivity contribution in [3.05, 3.63) is 83.8 Å². The molecular formula is C22H21F3N4O3S. The highest BCUT2D eigenvalue weighted by Gasteiger charge is 2.42. The molecule has 1 fully saturated rings. The molecule has 0 saturated carbocycles. The molecular weight excluding hydrogens is 457 g/mol. The molecule has 3 aromatic rings. The number of nitrogens with one attached hydrogen (secondary N) is 1.